The van der Waals surface area contributed by atoms with Crippen LogP contribution in [0.3, 0.4) is 0 Å². The number of ether oxygens (including phenoxy) is 2. The van der Waals surface area contributed by atoms with Crippen molar-refractivity contribution in [2.45, 2.75) is 41.0 Å². The summed E-state index contributed by atoms with van der Waals surface area (Å²) in [6.07, 6.45) is -0.126. The van der Waals surface area contributed by atoms with E-state index in [9.17, 15) is 9.59 Å². The van der Waals surface area contributed by atoms with Crippen molar-refractivity contribution in [2.75, 3.05) is 13.2 Å². The van der Waals surface area contributed by atoms with Crippen molar-refractivity contribution < 1.29 is 19.1 Å². The Hall–Kier alpha value is -1.84. The first-order valence-corrected chi connectivity index (χ1v) is 7.26. The lowest BCUT2D eigenvalue weighted by atomic mass is 9.87. The van der Waals surface area contributed by atoms with Gasteiger partial charge in [0.25, 0.3) is 0 Å². The standard InChI is InChI=1S/C17H24O4/c1-6-20-14-10-8-9-12(16(14)21-7-2)13(18)11-15(19)17(3,4)5/h8-10H,6-7,11H2,1-5H3. The second kappa shape index (κ2) is 7.25. The van der Waals surface area contributed by atoms with Gasteiger partial charge >= 0.3 is 0 Å². The first-order chi connectivity index (χ1) is 9.81. The Kier molecular flexibility index (Phi) is 5.94. The summed E-state index contributed by atoms with van der Waals surface area (Å²) in [6.45, 7) is 10.1. The quantitative estimate of drug-likeness (QED) is 0.568. The largest absolute Gasteiger partial charge is 0.490 e. The van der Waals surface area contributed by atoms with E-state index in [4.69, 9.17) is 9.47 Å². The molecular weight excluding hydrogens is 268 g/mol. The first kappa shape index (κ1) is 17.2. The highest BCUT2D eigenvalue weighted by atomic mass is 16.5. The molecule has 0 bridgehead atoms. The van der Waals surface area contributed by atoms with E-state index >= 15 is 0 Å². The molecule has 0 saturated heterocycles. The van der Waals surface area contributed by atoms with Crippen molar-refractivity contribution in [3.8, 4) is 11.5 Å². The molecule has 0 radical (unpaired) electrons. The van der Waals surface area contributed by atoms with Gasteiger partial charge in [0.15, 0.2) is 17.3 Å². The number of benzene rings is 1. The number of hydrogen-bond donors (Lipinski definition) is 0. The van der Waals surface area contributed by atoms with Gasteiger partial charge in [-0.25, -0.2) is 0 Å². The van der Waals surface area contributed by atoms with Crippen LogP contribution in [-0.4, -0.2) is 24.8 Å². The molecule has 21 heavy (non-hydrogen) atoms. The molecule has 0 fully saturated rings. The van der Waals surface area contributed by atoms with E-state index in [-0.39, 0.29) is 18.0 Å². The molecule has 1 aromatic rings. The molecule has 1 aromatic carbocycles. The van der Waals surface area contributed by atoms with Crippen LogP contribution in [0.4, 0.5) is 0 Å². The maximum Gasteiger partial charge on any atom is 0.174 e. The Bertz CT molecular complexity index is 512. The van der Waals surface area contributed by atoms with Gasteiger partial charge in [0.05, 0.1) is 25.2 Å². The van der Waals surface area contributed by atoms with Crippen LogP contribution in [0.25, 0.3) is 0 Å². The minimum absolute atomic E-state index is 0.0863. The third-order valence-electron chi connectivity index (χ3n) is 3.03. The molecule has 0 N–H and O–H groups in total. The van der Waals surface area contributed by atoms with Gasteiger partial charge in [0, 0.05) is 5.41 Å². The topological polar surface area (TPSA) is 52.6 Å². The molecule has 0 unspecified atom stereocenters. The summed E-state index contributed by atoms with van der Waals surface area (Å²) in [6, 6.07) is 5.17. The molecule has 116 valence electrons. The first-order valence-electron chi connectivity index (χ1n) is 7.26. The SMILES string of the molecule is CCOc1cccc(C(=O)CC(=O)C(C)(C)C)c1OCC. The van der Waals surface area contributed by atoms with E-state index in [1.54, 1.807) is 18.2 Å². The highest BCUT2D eigenvalue weighted by Crippen LogP contribution is 2.33. The molecule has 0 saturated carbocycles. The summed E-state index contributed by atoms with van der Waals surface area (Å²) < 4.78 is 11.0. The smallest absolute Gasteiger partial charge is 0.174 e. The van der Waals surface area contributed by atoms with E-state index < -0.39 is 5.41 Å². The Balaban J connectivity index is 3.08. The average molecular weight is 292 g/mol. The fraction of sp³-hybridized carbons (Fsp3) is 0.529. The number of para-hydroxylation sites is 1. The number of ketones is 2. The van der Waals surface area contributed by atoms with Gasteiger partial charge in [0.2, 0.25) is 0 Å². The number of rotatable bonds is 7. The molecular formula is C17H24O4. The van der Waals surface area contributed by atoms with Crippen LogP contribution < -0.4 is 9.47 Å². The molecule has 0 amide bonds. The monoisotopic (exact) mass is 292 g/mol. The van der Waals surface area contributed by atoms with Gasteiger partial charge in [0.1, 0.15) is 5.78 Å². The summed E-state index contributed by atoms with van der Waals surface area (Å²) in [5, 5.41) is 0. The third-order valence-corrected chi connectivity index (χ3v) is 3.03. The van der Waals surface area contributed by atoms with Gasteiger partial charge < -0.3 is 9.47 Å². The average Bonchev–Trinajstić information content (AvgIpc) is 2.40. The van der Waals surface area contributed by atoms with Crippen molar-refractivity contribution >= 4 is 11.6 Å². The highest BCUT2D eigenvalue weighted by Gasteiger charge is 2.26. The molecule has 1 rings (SSSR count). The van der Waals surface area contributed by atoms with E-state index in [1.807, 2.05) is 34.6 Å². The number of Topliss-reactive ketones (excluding diaryl/α,β-unsaturated/α-hetero) is 2. The lowest BCUT2D eigenvalue weighted by Crippen LogP contribution is -2.23. The minimum atomic E-state index is -0.529. The van der Waals surface area contributed by atoms with Gasteiger partial charge in [-0.2, -0.15) is 0 Å². The predicted octanol–water partition coefficient (Wildman–Crippen LogP) is 3.67. The maximum absolute atomic E-state index is 12.4. The van der Waals surface area contributed by atoms with Crippen LogP contribution in [0.15, 0.2) is 18.2 Å². The van der Waals surface area contributed by atoms with E-state index in [2.05, 4.69) is 0 Å². The normalized spacial score (nSPS) is 11.1. The van der Waals surface area contributed by atoms with Crippen molar-refractivity contribution in [1.29, 1.82) is 0 Å². The summed E-state index contributed by atoms with van der Waals surface area (Å²) >= 11 is 0. The van der Waals surface area contributed by atoms with Gasteiger partial charge in [-0.15, -0.1) is 0 Å². The lowest BCUT2D eigenvalue weighted by molar-refractivity contribution is -0.125. The van der Waals surface area contributed by atoms with E-state index in [1.165, 1.54) is 0 Å². The van der Waals surface area contributed by atoms with E-state index in [0.29, 0.717) is 30.3 Å². The lowest BCUT2D eigenvalue weighted by Gasteiger charge is -2.17. The Labute approximate surface area is 126 Å². The highest BCUT2D eigenvalue weighted by molar-refractivity contribution is 6.10. The van der Waals surface area contributed by atoms with E-state index in [0.717, 1.165) is 0 Å². The number of carbonyl (C=O) groups excluding carboxylic acids is 2. The molecule has 4 heteroatoms. The van der Waals surface area contributed by atoms with Crippen molar-refractivity contribution in [3.63, 3.8) is 0 Å². The fourth-order valence-electron chi connectivity index (χ4n) is 1.80. The molecule has 0 aromatic heterocycles. The zero-order chi connectivity index (χ0) is 16.0. The van der Waals surface area contributed by atoms with Crippen LogP contribution in [0.1, 0.15) is 51.4 Å². The molecule has 0 aliphatic heterocycles. The fourth-order valence-corrected chi connectivity index (χ4v) is 1.80. The van der Waals surface area contributed by atoms with Crippen LogP contribution in [0.2, 0.25) is 0 Å². The zero-order valence-corrected chi connectivity index (χ0v) is 13.5. The second-order valence-electron chi connectivity index (χ2n) is 5.77. The second-order valence-corrected chi connectivity index (χ2v) is 5.77. The van der Waals surface area contributed by atoms with Crippen LogP contribution >= 0.6 is 0 Å². The van der Waals surface area contributed by atoms with Crippen LogP contribution in [0, 0.1) is 5.41 Å². The summed E-state index contributed by atoms with van der Waals surface area (Å²) in [5.41, 5.74) is -0.126. The van der Waals surface area contributed by atoms with Gasteiger partial charge in [-0.3, -0.25) is 9.59 Å². The number of carbonyl (C=O) groups is 2. The van der Waals surface area contributed by atoms with Crippen molar-refractivity contribution in [2.24, 2.45) is 5.41 Å². The van der Waals surface area contributed by atoms with Crippen molar-refractivity contribution in [1.82, 2.24) is 0 Å². The Morgan fingerprint density at radius 2 is 1.67 bits per heavy atom. The maximum atomic E-state index is 12.4. The third kappa shape index (κ3) is 4.59. The van der Waals surface area contributed by atoms with Gasteiger partial charge in [-0.1, -0.05) is 26.8 Å². The van der Waals surface area contributed by atoms with Crippen LogP contribution in [0.5, 0.6) is 11.5 Å². The van der Waals surface area contributed by atoms with Crippen molar-refractivity contribution in [3.05, 3.63) is 23.8 Å². The molecule has 0 heterocycles. The van der Waals surface area contributed by atoms with Gasteiger partial charge in [-0.05, 0) is 26.0 Å². The molecule has 0 atom stereocenters. The summed E-state index contributed by atoms with van der Waals surface area (Å²) in [5.74, 6) is 0.638. The Morgan fingerprint density at radius 3 is 2.19 bits per heavy atom. The number of hydrogen-bond acceptors (Lipinski definition) is 4. The zero-order valence-electron chi connectivity index (χ0n) is 13.5. The molecule has 0 aliphatic carbocycles. The summed E-state index contributed by atoms with van der Waals surface area (Å²) in [7, 11) is 0. The molecule has 0 spiro atoms. The predicted molar refractivity (Wildman–Crippen MR) is 82.2 cm³/mol. The molecule has 4 nitrogen and oxygen atoms in total. The summed E-state index contributed by atoms with van der Waals surface area (Å²) in [4.78, 5) is 24.4. The minimum Gasteiger partial charge on any atom is -0.490 e. The Morgan fingerprint density at radius 1 is 1.05 bits per heavy atom. The molecule has 0 aliphatic rings. The van der Waals surface area contributed by atoms with Crippen LogP contribution in [-0.2, 0) is 4.79 Å².